The van der Waals surface area contributed by atoms with E-state index in [1.165, 1.54) is 12.8 Å². The first-order valence-corrected chi connectivity index (χ1v) is 5.74. The summed E-state index contributed by atoms with van der Waals surface area (Å²) in [5.74, 6) is 0.903. The van der Waals surface area contributed by atoms with Gasteiger partial charge in [-0.05, 0) is 25.8 Å². The second-order valence-electron chi connectivity index (χ2n) is 4.26. The van der Waals surface area contributed by atoms with E-state index in [1.807, 2.05) is 18.2 Å². The summed E-state index contributed by atoms with van der Waals surface area (Å²) in [5, 5.41) is 9.73. The third-order valence-electron chi connectivity index (χ3n) is 2.85. The summed E-state index contributed by atoms with van der Waals surface area (Å²) in [7, 11) is 0. The van der Waals surface area contributed by atoms with Gasteiger partial charge in [-0.2, -0.15) is 0 Å². The fourth-order valence-corrected chi connectivity index (χ4v) is 1.91. The summed E-state index contributed by atoms with van der Waals surface area (Å²) in [6.45, 7) is 6.35. The SMILES string of the molecule is C=CCN(c1ncccc1C(C)O)C1CC1. The maximum Gasteiger partial charge on any atom is 0.134 e. The number of aliphatic hydroxyl groups excluding tert-OH is 1. The van der Waals surface area contributed by atoms with E-state index < -0.39 is 6.10 Å². The predicted octanol–water partition coefficient (Wildman–Crippen LogP) is 2.29. The number of aliphatic hydroxyl groups is 1. The number of hydrogen-bond donors (Lipinski definition) is 1. The van der Waals surface area contributed by atoms with Gasteiger partial charge in [0.05, 0.1) is 6.10 Å². The van der Waals surface area contributed by atoms with Crippen LogP contribution in [0.5, 0.6) is 0 Å². The molecule has 1 unspecified atom stereocenters. The first-order valence-electron chi connectivity index (χ1n) is 5.74. The number of aromatic nitrogens is 1. The fraction of sp³-hybridized carbons (Fsp3) is 0.462. The minimum absolute atomic E-state index is 0.477. The van der Waals surface area contributed by atoms with E-state index in [2.05, 4.69) is 16.5 Å². The van der Waals surface area contributed by atoms with Crippen molar-refractivity contribution in [3.63, 3.8) is 0 Å². The summed E-state index contributed by atoms with van der Waals surface area (Å²) >= 11 is 0. The Morgan fingerprint density at radius 2 is 2.44 bits per heavy atom. The van der Waals surface area contributed by atoms with Crippen LogP contribution in [0.25, 0.3) is 0 Å². The smallest absolute Gasteiger partial charge is 0.134 e. The summed E-state index contributed by atoms with van der Waals surface area (Å²) in [4.78, 5) is 6.63. The Hall–Kier alpha value is -1.35. The Balaban J connectivity index is 2.31. The van der Waals surface area contributed by atoms with Crippen LogP contribution in [0.1, 0.15) is 31.4 Å². The third kappa shape index (κ3) is 2.25. The lowest BCUT2D eigenvalue weighted by molar-refractivity contribution is 0.199. The zero-order valence-electron chi connectivity index (χ0n) is 9.63. The van der Waals surface area contributed by atoms with Crippen molar-refractivity contribution in [1.82, 2.24) is 4.98 Å². The van der Waals surface area contributed by atoms with Gasteiger partial charge in [0.25, 0.3) is 0 Å². The van der Waals surface area contributed by atoms with Crippen molar-refractivity contribution >= 4 is 5.82 Å². The third-order valence-corrected chi connectivity index (χ3v) is 2.85. The van der Waals surface area contributed by atoms with Gasteiger partial charge >= 0.3 is 0 Å². The molecule has 3 nitrogen and oxygen atoms in total. The van der Waals surface area contributed by atoms with Crippen LogP contribution in [-0.2, 0) is 0 Å². The van der Waals surface area contributed by atoms with Crippen molar-refractivity contribution < 1.29 is 5.11 Å². The summed E-state index contributed by atoms with van der Waals surface area (Å²) in [5.41, 5.74) is 0.899. The van der Waals surface area contributed by atoms with Crippen molar-refractivity contribution in [3.8, 4) is 0 Å². The minimum Gasteiger partial charge on any atom is -0.389 e. The molecule has 1 heterocycles. The standard InChI is InChI=1S/C13H18N2O/c1-3-9-15(11-6-7-11)13-12(10(2)16)5-4-8-14-13/h3-5,8,10-11,16H,1,6-7,9H2,2H3. The fourth-order valence-electron chi connectivity index (χ4n) is 1.91. The average molecular weight is 218 g/mol. The molecule has 1 saturated carbocycles. The lowest BCUT2D eigenvalue weighted by Crippen LogP contribution is -2.28. The molecule has 1 aliphatic carbocycles. The number of anilines is 1. The number of hydrogen-bond acceptors (Lipinski definition) is 3. The van der Waals surface area contributed by atoms with E-state index in [0.29, 0.717) is 6.04 Å². The maximum absolute atomic E-state index is 9.73. The Bertz CT molecular complexity index is 372. The van der Waals surface area contributed by atoms with E-state index in [4.69, 9.17) is 0 Å². The van der Waals surface area contributed by atoms with Crippen molar-refractivity contribution in [2.24, 2.45) is 0 Å². The van der Waals surface area contributed by atoms with E-state index in [-0.39, 0.29) is 0 Å². The van der Waals surface area contributed by atoms with Crippen LogP contribution in [0, 0.1) is 0 Å². The molecule has 0 spiro atoms. The summed E-state index contributed by atoms with van der Waals surface area (Å²) in [6.07, 6.45) is 5.61. The minimum atomic E-state index is -0.477. The second-order valence-corrected chi connectivity index (χ2v) is 4.26. The molecule has 0 saturated heterocycles. The number of nitrogens with zero attached hydrogens (tertiary/aromatic N) is 2. The quantitative estimate of drug-likeness (QED) is 0.770. The van der Waals surface area contributed by atoms with Crippen molar-refractivity contribution in [2.45, 2.75) is 31.9 Å². The average Bonchev–Trinajstić information content (AvgIpc) is 3.10. The van der Waals surface area contributed by atoms with Crippen LogP contribution in [-0.4, -0.2) is 22.7 Å². The van der Waals surface area contributed by atoms with Crippen LogP contribution < -0.4 is 4.90 Å². The molecular weight excluding hydrogens is 200 g/mol. The van der Waals surface area contributed by atoms with E-state index in [9.17, 15) is 5.11 Å². The molecule has 86 valence electrons. The van der Waals surface area contributed by atoms with E-state index in [1.54, 1.807) is 13.1 Å². The van der Waals surface area contributed by atoms with Gasteiger partial charge < -0.3 is 10.0 Å². The molecule has 16 heavy (non-hydrogen) atoms. The highest BCUT2D eigenvalue weighted by Crippen LogP contribution is 2.33. The lowest BCUT2D eigenvalue weighted by atomic mass is 10.1. The van der Waals surface area contributed by atoms with Crippen LogP contribution in [0.15, 0.2) is 31.0 Å². The molecule has 0 bridgehead atoms. The van der Waals surface area contributed by atoms with Gasteiger partial charge in [0.1, 0.15) is 5.82 Å². The van der Waals surface area contributed by atoms with Crippen molar-refractivity contribution in [2.75, 3.05) is 11.4 Å². The van der Waals surface area contributed by atoms with Gasteiger partial charge in [-0.1, -0.05) is 12.1 Å². The van der Waals surface area contributed by atoms with Crippen LogP contribution in [0.3, 0.4) is 0 Å². The van der Waals surface area contributed by atoms with Gasteiger partial charge in [-0.15, -0.1) is 6.58 Å². The lowest BCUT2D eigenvalue weighted by Gasteiger charge is -2.25. The van der Waals surface area contributed by atoms with Gasteiger partial charge in [-0.3, -0.25) is 0 Å². The van der Waals surface area contributed by atoms with Gasteiger partial charge in [-0.25, -0.2) is 4.98 Å². The zero-order valence-corrected chi connectivity index (χ0v) is 9.63. The highest BCUT2D eigenvalue weighted by molar-refractivity contribution is 5.50. The molecule has 0 radical (unpaired) electrons. The molecule has 0 amide bonds. The molecule has 1 aromatic heterocycles. The molecule has 1 fully saturated rings. The Morgan fingerprint density at radius 1 is 1.69 bits per heavy atom. The largest absolute Gasteiger partial charge is 0.389 e. The Kier molecular flexibility index (Phi) is 3.25. The number of pyridine rings is 1. The predicted molar refractivity (Wildman–Crippen MR) is 65.4 cm³/mol. The molecule has 3 heteroatoms. The highest BCUT2D eigenvalue weighted by Gasteiger charge is 2.30. The monoisotopic (exact) mass is 218 g/mol. The topological polar surface area (TPSA) is 36.4 Å². The molecule has 1 atom stereocenters. The first-order chi connectivity index (χ1) is 7.74. The highest BCUT2D eigenvalue weighted by atomic mass is 16.3. The second kappa shape index (κ2) is 4.66. The molecule has 1 aromatic rings. The van der Waals surface area contributed by atoms with Crippen LogP contribution >= 0.6 is 0 Å². The molecule has 1 aliphatic rings. The first kappa shape index (κ1) is 11.1. The molecule has 0 aromatic carbocycles. The van der Waals surface area contributed by atoms with E-state index in [0.717, 1.165) is 17.9 Å². The van der Waals surface area contributed by atoms with Crippen molar-refractivity contribution in [3.05, 3.63) is 36.5 Å². The van der Waals surface area contributed by atoms with Gasteiger partial charge in [0.15, 0.2) is 0 Å². The molecule has 1 N–H and O–H groups in total. The maximum atomic E-state index is 9.73. The van der Waals surface area contributed by atoms with Crippen molar-refractivity contribution in [1.29, 1.82) is 0 Å². The molecule has 2 rings (SSSR count). The molecular formula is C13H18N2O. The van der Waals surface area contributed by atoms with Gasteiger partial charge in [0.2, 0.25) is 0 Å². The van der Waals surface area contributed by atoms with E-state index >= 15 is 0 Å². The zero-order chi connectivity index (χ0) is 11.5. The van der Waals surface area contributed by atoms with Crippen LogP contribution in [0.2, 0.25) is 0 Å². The Morgan fingerprint density at radius 3 is 3.00 bits per heavy atom. The Labute approximate surface area is 96.4 Å². The van der Waals surface area contributed by atoms with Gasteiger partial charge in [0, 0.05) is 24.3 Å². The normalized spacial score (nSPS) is 16.9. The summed E-state index contributed by atoms with van der Waals surface area (Å²) in [6, 6.07) is 4.38. The van der Waals surface area contributed by atoms with Crippen LogP contribution in [0.4, 0.5) is 5.82 Å². The summed E-state index contributed by atoms with van der Waals surface area (Å²) < 4.78 is 0. The molecule has 0 aliphatic heterocycles. The number of rotatable bonds is 5.